The molecule has 146 valence electrons. The van der Waals surface area contributed by atoms with E-state index in [9.17, 15) is 0 Å². The van der Waals surface area contributed by atoms with E-state index in [1.54, 1.807) is 0 Å². The van der Waals surface area contributed by atoms with E-state index in [-0.39, 0.29) is 24.0 Å². The van der Waals surface area contributed by atoms with Gasteiger partial charge in [0.2, 0.25) is 0 Å². The summed E-state index contributed by atoms with van der Waals surface area (Å²) in [6, 6.07) is 0.537. The van der Waals surface area contributed by atoms with Gasteiger partial charge in [-0.15, -0.1) is 24.0 Å². The zero-order valence-corrected chi connectivity index (χ0v) is 18.5. The summed E-state index contributed by atoms with van der Waals surface area (Å²) in [5, 5.41) is 7.18. The predicted molar refractivity (Wildman–Crippen MR) is 115 cm³/mol. The molecule has 1 aliphatic heterocycles. The lowest BCUT2D eigenvalue weighted by atomic mass is 9.98. The fraction of sp³-hybridized carbons (Fsp3) is 0.947. The molecule has 0 bridgehead atoms. The Morgan fingerprint density at radius 2 is 1.60 bits per heavy atom. The quantitative estimate of drug-likeness (QED) is 0.330. The SMILES string of the molecule is CN=C(NCC(C1CC1)C1CC1)NCC(C(C)C)N1CCOCC1.I. The Labute approximate surface area is 170 Å². The van der Waals surface area contributed by atoms with Crippen LogP contribution in [0.1, 0.15) is 39.5 Å². The molecule has 5 nitrogen and oxygen atoms in total. The minimum Gasteiger partial charge on any atom is -0.379 e. The normalized spacial score (nSPS) is 23.5. The second-order valence-electron chi connectivity index (χ2n) is 8.13. The molecule has 0 aromatic carbocycles. The Bertz CT molecular complexity index is 406. The summed E-state index contributed by atoms with van der Waals surface area (Å²) in [5.74, 6) is 4.45. The van der Waals surface area contributed by atoms with Crippen LogP contribution in [0.4, 0.5) is 0 Å². The van der Waals surface area contributed by atoms with E-state index >= 15 is 0 Å². The Kier molecular flexibility index (Phi) is 8.75. The number of hydrogen-bond donors (Lipinski definition) is 2. The van der Waals surface area contributed by atoms with Gasteiger partial charge < -0.3 is 15.4 Å². The van der Waals surface area contributed by atoms with Crippen LogP contribution in [0.2, 0.25) is 0 Å². The molecule has 0 radical (unpaired) electrons. The van der Waals surface area contributed by atoms with Crippen LogP contribution < -0.4 is 10.6 Å². The van der Waals surface area contributed by atoms with Gasteiger partial charge in [0.05, 0.1) is 13.2 Å². The van der Waals surface area contributed by atoms with Crippen LogP contribution in [0.25, 0.3) is 0 Å². The maximum Gasteiger partial charge on any atom is 0.191 e. The van der Waals surface area contributed by atoms with E-state index < -0.39 is 0 Å². The summed E-state index contributed by atoms with van der Waals surface area (Å²) in [5.41, 5.74) is 0. The van der Waals surface area contributed by atoms with Crippen LogP contribution in [0.3, 0.4) is 0 Å². The van der Waals surface area contributed by atoms with Crippen molar-refractivity contribution in [2.24, 2.45) is 28.7 Å². The summed E-state index contributed by atoms with van der Waals surface area (Å²) < 4.78 is 5.50. The number of ether oxygens (including phenoxy) is 1. The predicted octanol–water partition coefficient (Wildman–Crippen LogP) is 2.56. The monoisotopic (exact) mass is 464 g/mol. The van der Waals surface area contributed by atoms with Crippen molar-refractivity contribution in [3.63, 3.8) is 0 Å². The van der Waals surface area contributed by atoms with Crippen molar-refractivity contribution >= 4 is 29.9 Å². The van der Waals surface area contributed by atoms with Gasteiger partial charge in [-0.05, 0) is 49.4 Å². The standard InChI is InChI=1S/C19H36N4O.HI/c1-14(2)18(23-8-10-24-11-9-23)13-22-19(20-3)21-12-17(15-4-5-15)16-6-7-16;/h14-18H,4-13H2,1-3H3,(H2,20,21,22);1H. The Morgan fingerprint density at radius 1 is 1.04 bits per heavy atom. The molecule has 1 saturated heterocycles. The van der Waals surface area contributed by atoms with Gasteiger partial charge in [0, 0.05) is 39.3 Å². The Balaban J connectivity index is 0.00000225. The lowest BCUT2D eigenvalue weighted by molar-refractivity contribution is 0.00752. The highest BCUT2D eigenvalue weighted by Gasteiger charge is 2.41. The van der Waals surface area contributed by atoms with Gasteiger partial charge in [0.15, 0.2) is 5.96 Å². The maximum absolute atomic E-state index is 5.50. The van der Waals surface area contributed by atoms with E-state index in [0.29, 0.717) is 12.0 Å². The first kappa shape index (κ1) is 21.2. The molecule has 1 atom stereocenters. The van der Waals surface area contributed by atoms with E-state index in [2.05, 4.69) is 34.4 Å². The summed E-state index contributed by atoms with van der Waals surface area (Å²) in [4.78, 5) is 7.01. The largest absolute Gasteiger partial charge is 0.379 e. The molecule has 6 heteroatoms. The van der Waals surface area contributed by atoms with Crippen molar-refractivity contribution < 1.29 is 4.74 Å². The summed E-state index contributed by atoms with van der Waals surface area (Å²) in [7, 11) is 1.89. The first-order chi connectivity index (χ1) is 11.7. The second kappa shape index (κ2) is 10.3. The van der Waals surface area contributed by atoms with Crippen molar-refractivity contribution in [1.29, 1.82) is 0 Å². The molecule has 0 aromatic rings. The van der Waals surface area contributed by atoms with E-state index in [1.165, 1.54) is 25.7 Å². The zero-order valence-electron chi connectivity index (χ0n) is 16.2. The second-order valence-corrected chi connectivity index (χ2v) is 8.13. The molecule has 25 heavy (non-hydrogen) atoms. The van der Waals surface area contributed by atoms with Crippen molar-refractivity contribution in [1.82, 2.24) is 15.5 Å². The lowest BCUT2D eigenvalue weighted by Gasteiger charge is -2.37. The molecule has 1 heterocycles. The molecule has 3 fully saturated rings. The van der Waals surface area contributed by atoms with Gasteiger partial charge in [-0.3, -0.25) is 9.89 Å². The summed E-state index contributed by atoms with van der Waals surface area (Å²) in [6.07, 6.45) is 5.78. The molecule has 0 aromatic heterocycles. The number of nitrogens with one attached hydrogen (secondary N) is 2. The van der Waals surface area contributed by atoms with Gasteiger partial charge in [0.1, 0.15) is 0 Å². The molecule has 3 aliphatic rings. The summed E-state index contributed by atoms with van der Waals surface area (Å²) in [6.45, 7) is 10.5. The number of morpholine rings is 1. The fourth-order valence-corrected chi connectivity index (χ4v) is 4.10. The number of nitrogens with zero attached hydrogens (tertiary/aromatic N) is 2. The molecule has 0 spiro atoms. The van der Waals surface area contributed by atoms with E-state index in [1.807, 2.05) is 7.05 Å². The smallest absolute Gasteiger partial charge is 0.191 e. The van der Waals surface area contributed by atoms with Crippen LogP contribution in [0.15, 0.2) is 4.99 Å². The summed E-state index contributed by atoms with van der Waals surface area (Å²) >= 11 is 0. The van der Waals surface area contributed by atoms with Crippen LogP contribution in [-0.2, 0) is 4.74 Å². The fourth-order valence-electron chi connectivity index (χ4n) is 4.10. The van der Waals surface area contributed by atoms with Crippen molar-refractivity contribution in [3.8, 4) is 0 Å². The van der Waals surface area contributed by atoms with Crippen LogP contribution in [0.5, 0.6) is 0 Å². The minimum absolute atomic E-state index is 0. The third-order valence-corrected chi connectivity index (χ3v) is 5.95. The number of hydrogen-bond acceptors (Lipinski definition) is 3. The molecule has 0 amide bonds. The lowest BCUT2D eigenvalue weighted by Crippen LogP contribution is -2.53. The number of rotatable bonds is 8. The van der Waals surface area contributed by atoms with E-state index in [0.717, 1.165) is 63.1 Å². The first-order valence-electron chi connectivity index (χ1n) is 9.95. The van der Waals surface area contributed by atoms with Crippen LogP contribution in [-0.4, -0.2) is 63.3 Å². The Hall–Kier alpha value is -0.0800. The molecular weight excluding hydrogens is 427 g/mol. The minimum atomic E-state index is 0. The van der Waals surface area contributed by atoms with Gasteiger partial charge in [-0.1, -0.05) is 13.8 Å². The third-order valence-electron chi connectivity index (χ3n) is 5.95. The van der Waals surface area contributed by atoms with Crippen molar-refractivity contribution in [2.75, 3.05) is 46.4 Å². The molecule has 3 rings (SSSR count). The Morgan fingerprint density at radius 3 is 2.08 bits per heavy atom. The van der Waals surface area contributed by atoms with Gasteiger partial charge in [-0.25, -0.2) is 0 Å². The number of aliphatic imine (C=N–C) groups is 1. The average molecular weight is 464 g/mol. The molecule has 1 unspecified atom stereocenters. The molecular formula is C19H37IN4O. The number of halogens is 1. The van der Waals surface area contributed by atoms with Gasteiger partial charge in [0.25, 0.3) is 0 Å². The molecule has 2 aliphatic carbocycles. The maximum atomic E-state index is 5.50. The first-order valence-corrected chi connectivity index (χ1v) is 9.95. The highest BCUT2D eigenvalue weighted by atomic mass is 127. The van der Waals surface area contributed by atoms with E-state index in [4.69, 9.17) is 4.74 Å². The number of guanidine groups is 1. The van der Waals surface area contributed by atoms with Gasteiger partial charge in [-0.2, -0.15) is 0 Å². The molecule has 2 saturated carbocycles. The average Bonchev–Trinajstić information content (AvgIpc) is 3.48. The highest BCUT2D eigenvalue weighted by Crippen LogP contribution is 2.48. The van der Waals surface area contributed by atoms with Crippen molar-refractivity contribution in [3.05, 3.63) is 0 Å². The van der Waals surface area contributed by atoms with Crippen molar-refractivity contribution in [2.45, 2.75) is 45.6 Å². The molecule has 2 N–H and O–H groups in total. The third kappa shape index (κ3) is 6.54. The highest BCUT2D eigenvalue weighted by molar-refractivity contribution is 14.0. The topological polar surface area (TPSA) is 48.9 Å². The zero-order chi connectivity index (χ0) is 16.9. The van der Waals surface area contributed by atoms with Crippen LogP contribution in [0, 0.1) is 23.7 Å². The van der Waals surface area contributed by atoms with Crippen LogP contribution >= 0.6 is 24.0 Å². The van der Waals surface area contributed by atoms with Gasteiger partial charge >= 0.3 is 0 Å².